The van der Waals surface area contributed by atoms with Crippen LogP contribution in [0.15, 0.2) is 18.2 Å². The predicted molar refractivity (Wildman–Crippen MR) is 86.8 cm³/mol. The highest BCUT2D eigenvalue weighted by molar-refractivity contribution is 6.31. The van der Waals surface area contributed by atoms with E-state index in [0.717, 1.165) is 6.42 Å². The zero-order valence-corrected chi connectivity index (χ0v) is 14.0. The van der Waals surface area contributed by atoms with Gasteiger partial charge in [0.05, 0.1) is 18.8 Å². The van der Waals surface area contributed by atoms with E-state index >= 15 is 0 Å². The second kappa shape index (κ2) is 7.66. The van der Waals surface area contributed by atoms with Crippen LogP contribution in [0, 0.1) is 0 Å². The molecule has 6 nitrogen and oxygen atoms in total. The van der Waals surface area contributed by atoms with Gasteiger partial charge in [0, 0.05) is 18.1 Å². The summed E-state index contributed by atoms with van der Waals surface area (Å²) >= 11 is 5.97. The first-order chi connectivity index (χ1) is 10.9. The molecule has 1 aliphatic heterocycles. The maximum Gasteiger partial charge on any atom is 0.258 e. The molecular weight excluding hydrogens is 320 g/mol. The summed E-state index contributed by atoms with van der Waals surface area (Å²) < 4.78 is 5.22. The molecule has 7 heteroatoms. The molecule has 0 radical (unpaired) electrons. The standard InChI is InChI=1S/C16H21ClN2O4/c1-10(20)9-18-15(21)13-4-3-7-19(13)16(22)12-8-11(17)5-6-14(12)23-2/h5-6,8,10,13,20H,3-4,7,9H2,1-2H3,(H,18,21). The Balaban J connectivity index is 2.18. The van der Waals surface area contributed by atoms with Gasteiger partial charge in [-0.2, -0.15) is 0 Å². The fourth-order valence-corrected chi connectivity index (χ4v) is 2.82. The third kappa shape index (κ3) is 4.14. The SMILES string of the molecule is COc1ccc(Cl)cc1C(=O)N1CCCC1C(=O)NCC(C)O. The van der Waals surface area contributed by atoms with Crippen molar-refractivity contribution in [2.75, 3.05) is 20.2 Å². The van der Waals surface area contributed by atoms with E-state index in [9.17, 15) is 14.7 Å². The second-order valence-corrected chi connectivity index (χ2v) is 6.03. The Morgan fingerprint density at radius 1 is 1.52 bits per heavy atom. The molecule has 2 amide bonds. The number of ether oxygens (including phenoxy) is 1. The van der Waals surface area contributed by atoms with Crippen molar-refractivity contribution in [3.05, 3.63) is 28.8 Å². The number of aliphatic hydroxyl groups excluding tert-OH is 1. The minimum absolute atomic E-state index is 0.165. The van der Waals surface area contributed by atoms with E-state index in [1.54, 1.807) is 25.1 Å². The molecule has 1 fully saturated rings. The van der Waals surface area contributed by atoms with Crippen LogP contribution in [-0.4, -0.2) is 54.2 Å². The summed E-state index contributed by atoms with van der Waals surface area (Å²) in [6, 6.07) is 4.29. The van der Waals surface area contributed by atoms with Crippen molar-refractivity contribution in [2.24, 2.45) is 0 Å². The van der Waals surface area contributed by atoms with Crippen molar-refractivity contribution in [1.29, 1.82) is 0 Å². The lowest BCUT2D eigenvalue weighted by atomic mass is 10.1. The number of amides is 2. The van der Waals surface area contributed by atoms with Crippen LogP contribution in [0.3, 0.4) is 0 Å². The van der Waals surface area contributed by atoms with Gasteiger partial charge in [-0.1, -0.05) is 11.6 Å². The minimum atomic E-state index is -0.627. The summed E-state index contributed by atoms with van der Waals surface area (Å²) in [5.41, 5.74) is 0.343. The molecule has 1 aromatic rings. The van der Waals surface area contributed by atoms with Gasteiger partial charge in [0.1, 0.15) is 11.8 Å². The van der Waals surface area contributed by atoms with Gasteiger partial charge in [0.2, 0.25) is 5.91 Å². The molecule has 2 atom stereocenters. The molecule has 0 aliphatic carbocycles. The molecule has 23 heavy (non-hydrogen) atoms. The number of carbonyl (C=O) groups is 2. The first kappa shape index (κ1) is 17.6. The maximum absolute atomic E-state index is 12.8. The molecule has 1 saturated heterocycles. The minimum Gasteiger partial charge on any atom is -0.496 e. The van der Waals surface area contributed by atoms with Crippen LogP contribution in [-0.2, 0) is 4.79 Å². The van der Waals surface area contributed by atoms with Gasteiger partial charge in [0.15, 0.2) is 0 Å². The van der Waals surface area contributed by atoms with Crippen LogP contribution in [0.5, 0.6) is 5.75 Å². The molecular formula is C16H21ClN2O4. The lowest BCUT2D eigenvalue weighted by Crippen LogP contribution is -2.47. The number of likely N-dealkylation sites (tertiary alicyclic amines) is 1. The van der Waals surface area contributed by atoms with Crippen LogP contribution < -0.4 is 10.1 Å². The summed E-state index contributed by atoms with van der Waals surface area (Å²) in [5.74, 6) is -0.105. The van der Waals surface area contributed by atoms with Crippen LogP contribution in [0.1, 0.15) is 30.1 Å². The Morgan fingerprint density at radius 2 is 2.26 bits per heavy atom. The number of benzene rings is 1. The smallest absolute Gasteiger partial charge is 0.258 e. The van der Waals surface area contributed by atoms with Gasteiger partial charge < -0.3 is 20.1 Å². The average molecular weight is 341 g/mol. The number of halogens is 1. The largest absolute Gasteiger partial charge is 0.496 e. The fraction of sp³-hybridized carbons (Fsp3) is 0.500. The van der Waals surface area contributed by atoms with Crippen molar-refractivity contribution in [1.82, 2.24) is 10.2 Å². The quantitative estimate of drug-likeness (QED) is 0.850. The van der Waals surface area contributed by atoms with E-state index in [1.165, 1.54) is 12.0 Å². The summed E-state index contributed by atoms with van der Waals surface area (Å²) in [7, 11) is 1.48. The van der Waals surface area contributed by atoms with Crippen LogP contribution >= 0.6 is 11.6 Å². The predicted octanol–water partition coefficient (Wildman–Crippen LogP) is 1.45. The van der Waals surface area contributed by atoms with Gasteiger partial charge in [-0.3, -0.25) is 9.59 Å². The highest BCUT2D eigenvalue weighted by Crippen LogP contribution is 2.27. The van der Waals surface area contributed by atoms with Crippen molar-refractivity contribution < 1.29 is 19.4 Å². The molecule has 2 unspecified atom stereocenters. The number of methoxy groups -OCH3 is 1. The van der Waals surface area contributed by atoms with Crippen molar-refractivity contribution in [3.63, 3.8) is 0 Å². The molecule has 126 valence electrons. The van der Waals surface area contributed by atoms with E-state index in [0.29, 0.717) is 29.3 Å². The van der Waals surface area contributed by atoms with Gasteiger partial charge in [-0.15, -0.1) is 0 Å². The number of carbonyl (C=O) groups excluding carboxylic acids is 2. The second-order valence-electron chi connectivity index (χ2n) is 5.60. The average Bonchev–Trinajstić information content (AvgIpc) is 3.01. The lowest BCUT2D eigenvalue weighted by molar-refractivity contribution is -0.125. The van der Waals surface area contributed by atoms with Gasteiger partial charge in [-0.25, -0.2) is 0 Å². The van der Waals surface area contributed by atoms with E-state index < -0.39 is 12.1 Å². The van der Waals surface area contributed by atoms with Gasteiger partial charge in [-0.05, 0) is 38.0 Å². The molecule has 2 N–H and O–H groups in total. The highest BCUT2D eigenvalue weighted by atomic mass is 35.5. The third-order valence-corrected chi connectivity index (χ3v) is 4.02. The Labute approximate surface area is 140 Å². The van der Waals surface area contributed by atoms with Crippen LogP contribution in [0.25, 0.3) is 0 Å². The van der Waals surface area contributed by atoms with Gasteiger partial charge >= 0.3 is 0 Å². The Morgan fingerprint density at radius 3 is 2.91 bits per heavy atom. The van der Waals surface area contributed by atoms with Crippen LogP contribution in [0.4, 0.5) is 0 Å². The monoisotopic (exact) mass is 340 g/mol. The van der Waals surface area contributed by atoms with E-state index in [2.05, 4.69) is 5.32 Å². The zero-order valence-electron chi connectivity index (χ0n) is 13.2. The number of nitrogens with zero attached hydrogens (tertiary/aromatic N) is 1. The number of aliphatic hydroxyl groups is 1. The molecule has 2 rings (SSSR count). The molecule has 1 aliphatic rings. The van der Waals surface area contributed by atoms with Crippen molar-refractivity contribution in [3.8, 4) is 5.75 Å². The van der Waals surface area contributed by atoms with E-state index in [-0.39, 0.29) is 18.4 Å². The molecule has 0 bridgehead atoms. The third-order valence-electron chi connectivity index (χ3n) is 3.78. The summed E-state index contributed by atoms with van der Waals surface area (Å²) in [5, 5.41) is 12.4. The Kier molecular flexibility index (Phi) is 5.85. The molecule has 0 spiro atoms. The number of nitrogens with one attached hydrogen (secondary N) is 1. The first-order valence-electron chi connectivity index (χ1n) is 7.54. The molecule has 0 saturated carbocycles. The van der Waals surface area contributed by atoms with E-state index in [1.807, 2.05) is 0 Å². The molecule has 1 aromatic carbocycles. The first-order valence-corrected chi connectivity index (χ1v) is 7.92. The Bertz CT molecular complexity index is 591. The van der Waals surface area contributed by atoms with Gasteiger partial charge in [0.25, 0.3) is 5.91 Å². The molecule has 1 heterocycles. The Hall–Kier alpha value is -1.79. The summed E-state index contributed by atoms with van der Waals surface area (Å²) in [4.78, 5) is 26.6. The normalized spacial score (nSPS) is 18.6. The van der Waals surface area contributed by atoms with E-state index in [4.69, 9.17) is 16.3 Å². The van der Waals surface area contributed by atoms with Crippen molar-refractivity contribution in [2.45, 2.75) is 31.9 Å². The maximum atomic E-state index is 12.8. The lowest BCUT2D eigenvalue weighted by Gasteiger charge is -2.25. The zero-order chi connectivity index (χ0) is 17.0. The summed E-state index contributed by atoms with van der Waals surface area (Å²) in [6.45, 7) is 2.26. The van der Waals surface area contributed by atoms with Crippen LogP contribution in [0.2, 0.25) is 5.02 Å². The topological polar surface area (TPSA) is 78.9 Å². The highest BCUT2D eigenvalue weighted by Gasteiger charge is 2.35. The van der Waals surface area contributed by atoms with Crippen molar-refractivity contribution >= 4 is 23.4 Å². The number of hydrogen-bond donors (Lipinski definition) is 2. The fourth-order valence-electron chi connectivity index (χ4n) is 2.65. The molecule has 0 aromatic heterocycles. The number of rotatable bonds is 5. The number of hydrogen-bond acceptors (Lipinski definition) is 4. The summed E-state index contributed by atoms with van der Waals surface area (Å²) in [6.07, 6.45) is 0.722.